The van der Waals surface area contributed by atoms with Crippen LogP contribution in [0.3, 0.4) is 0 Å². The zero-order valence-electron chi connectivity index (χ0n) is 12.1. The molecule has 0 amide bonds. The Morgan fingerprint density at radius 2 is 2.05 bits per heavy atom. The van der Waals surface area contributed by atoms with Crippen LogP contribution in [0.4, 0.5) is 0 Å². The van der Waals surface area contributed by atoms with E-state index in [2.05, 4.69) is 4.72 Å². The Morgan fingerprint density at radius 3 is 2.59 bits per heavy atom. The number of rotatable bonds is 5. The number of benzene rings is 1. The number of halogens is 1. The molecule has 1 heterocycles. The topological polar surface area (TPSA) is 92.7 Å². The van der Waals surface area contributed by atoms with E-state index in [9.17, 15) is 18.3 Å². The fourth-order valence-corrected chi connectivity index (χ4v) is 4.25. The van der Waals surface area contributed by atoms with Crippen molar-refractivity contribution in [1.82, 2.24) is 4.72 Å². The third-order valence-corrected chi connectivity index (χ3v) is 5.55. The van der Waals surface area contributed by atoms with Gasteiger partial charge < -0.3 is 9.84 Å². The van der Waals surface area contributed by atoms with Crippen LogP contribution in [0.25, 0.3) is 0 Å². The number of hydrogen-bond acceptors (Lipinski definition) is 4. The first-order valence-corrected chi connectivity index (χ1v) is 8.76. The maximum atomic E-state index is 12.5. The average molecular weight is 348 g/mol. The molecule has 1 aliphatic rings. The van der Waals surface area contributed by atoms with E-state index >= 15 is 0 Å². The SMILES string of the molecule is Cc1cc(Cl)ccc1S(=O)(=O)NC(C(=O)O)C1CCOCC1. The van der Waals surface area contributed by atoms with E-state index < -0.39 is 22.0 Å². The van der Waals surface area contributed by atoms with Crippen LogP contribution < -0.4 is 4.72 Å². The largest absolute Gasteiger partial charge is 0.480 e. The molecule has 122 valence electrons. The first-order chi connectivity index (χ1) is 10.3. The molecule has 0 saturated carbocycles. The molecule has 0 aromatic heterocycles. The molecule has 6 nitrogen and oxygen atoms in total. The molecule has 0 aliphatic carbocycles. The summed E-state index contributed by atoms with van der Waals surface area (Å²) in [4.78, 5) is 11.5. The predicted molar refractivity (Wildman–Crippen MR) is 81.5 cm³/mol. The standard InChI is InChI=1S/C14H18ClNO5S/c1-9-8-11(15)2-3-12(9)22(19,20)16-13(14(17)18)10-4-6-21-7-5-10/h2-3,8,10,13,16H,4-7H2,1H3,(H,17,18). The van der Waals surface area contributed by atoms with Crippen molar-refractivity contribution in [2.24, 2.45) is 5.92 Å². The second-order valence-electron chi connectivity index (χ2n) is 5.30. The van der Waals surface area contributed by atoms with Crippen LogP contribution in [-0.4, -0.2) is 38.7 Å². The van der Waals surface area contributed by atoms with Gasteiger partial charge in [0.25, 0.3) is 0 Å². The first-order valence-electron chi connectivity index (χ1n) is 6.90. The predicted octanol–water partition coefficient (Wildman–Crippen LogP) is 1.81. The summed E-state index contributed by atoms with van der Waals surface area (Å²) in [6.07, 6.45) is 1.03. The van der Waals surface area contributed by atoms with Crippen LogP contribution in [0, 0.1) is 12.8 Å². The summed E-state index contributed by atoms with van der Waals surface area (Å²) in [5.74, 6) is -1.46. The van der Waals surface area contributed by atoms with Gasteiger partial charge in [0.05, 0.1) is 4.90 Å². The normalized spacial score (nSPS) is 18.1. The molecule has 1 unspecified atom stereocenters. The zero-order chi connectivity index (χ0) is 16.3. The Morgan fingerprint density at radius 1 is 1.41 bits per heavy atom. The van der Waals surface area contributed by atoms with E-state index in [0.29, 0.717) is 36.6 Å². The molecule has 1 fully saturated rings. The Kier molecular flexibility index (Phi) is 5.44. The van der Waals surface area contributed by atoms with Crippen molar-refractivity contribution in [3.05, 3.63) is 28.8 Å². The van der Waals surface area contributed by atoms with Crippen molar-refractivity contribution in [2.45, 2.75) is 30.7 Å². The van der Waals surface area contributed by atoms with Gasteiger partial charge in [-0.15, -0.1) is 0 Å². The van der Waals surface area contributed by atoms with E-state index in [1.165, 1.54) is 18.2 Å². The molecule has 1 atom stereocenters. The monoisotopic (exact) mass is 347 g/mol. The molecular weight excluding hydrogens is 330 g/mol. The number of carboxylic acid groups (broad SMARTS) is 1. The third kappa shape index (κ3) is 3.98. The van der Waals surface area contributed by atoms with Crippen molar-refractivity contribution >= 4 is 27.6 Å². The van der Waals surface area contributed by atoms with Gasteiger partial charge in [0, 0.05) is 18.2 Å². The molecule has 2 rings (SSSR count). The number of aliphatic carboxylic acids is 1. The van der Waals surface area contributed by atoms with Crippen LogP contribution in [0.5, 0.6) is 0 Å². The molecule has 22 heavy (non-hydrogen) atoms. The van der Waals surface area contributed by atoms with E-state index in [4.69, 9.17) is 16.3 Å². The number of carboxylic acids is 1. The number of sulfonamides is 1. The molecule has 0 radical (unpaired) electrons. The second-order valence-corrected chi connectivity index (χ2v) is 7.42. The molecule has 1 aromatic carbocycles. The van der Waals surface area contributed by atoms with Crippen molar-refractivity contribution < 1.29 is 23.1 Å². The van der Waals surface area contributed by atoms with Crippen molar-refractivity contribution in [1.29, 1.82) is 0 Å². The Hall–Kier alpha value is -1.15. The highest BCUT2D eigenvalue weighted by atomic mass is 35.5. The number of ether oxygens (including phenoxy) is 1. The van der Waals surface area contributed by atoms with Crippen LogP contribution >= 0.6 is 11.6 Å². The molecule has 1 aromatic rings. The summed E-state index contributed by atoms with van der Waals surface area (Å²) in [5, 5.41) is 9.79. The highest BCUT2D eigenvalue weighted by Gasteiger charge is 2.34. The van der Waals surface area contributed by atoms with E-state index in [1.807, 2.05) is 0 Å². The summed E-state index contributed by atoms with van der Waals surface area (Å²) in [7, 11) is -3.93. The van der Waals surface area contributed by atoms with E-state index in [0.717, 1.165) is 0 Å². The van der Waals surface area contributed by atoms with E-state index in [1.54, 1.807) is 6.92 Å². The maximum absolute atomic E-state index is 12.5. The van der Waals surface area contributed by atoms with E-state index in [-0.39, 0.29) is 10.8 Å². The highest BCUT2D eigenvalue weighted by molar-refractivity contribution is 7.89. The van der Waals surface area contributed by atoms with Crippen LogP contribution in [-0.2, 0) is 19.6 Å². The number of aryl methyl sites for hydroxylation is 1. The minimum absolute atomic E-state index is 0.0372. The maximum Gasteiger partial charge on any atom is 0.322 e. The average Bonchev–Trinajstić information content (AvgIpc) is 2.45. The van der Waals surface area contributed by atoms with Gasteiger partial charge in [-0.05, 0) is 49.4 Å². The number of carbonyl (C=O) groups is 1. The third-order valence-electron chi connectivity index (χ3n) is 3.71. The lowest BCUT2D eigenvalue weighted by Crippen LogP contribution is -2.47. The fourth-order valence-electron chi connectivity index (χ4n) is 2.54. The van der Waals surface area contributed by atoms with Crippen molar-refractivity contribution in [3.8, 4) is 0 Å². The summed E-state index contributed by atoms with van der Waals surface area (Å²) in [6, 6.07) is 3.21. The molecule has 1 aliphatic heterocycles. The number of nitrogens with one attached hydrogen (secondary N) is 1. The minimum Gasteiger partial charge on any atom is -0.480 e. The summed E-state index contributed by atoms with van der Waals surface area (Å²) in [5.41, 5.74) is 0.469. The van der Waals surface area contributed by atoms with Gasteiger partial charge in [-0.3, -0.25) is 4.79 Å². The van der Waals surface area contributed by atoms with Crippen LogP contribution in [0.15, 0.2) is 23.1 Å². The van der Waals surface area contributed by atoms with Crippen molar-refractivity contribution in [2.75, 3.05) is 13.2 Å². The Labute approximate surface area is 134 Å². The summed E-state index contributed by atoms with van der Waals surface area (Å²) < 4.78 is 32.5. The molecular formula is C14H18ClNO5S. The molecule has 2 N–H and O–H groups in total. The lowest BCUT2D eigenvalue weighted by molar-refractivity contribution is -0.141. The Bertz CT molecular complexity index is 655. The lowest BCUT2D eigenvalue weighted by Gasteiger charge is -2.28. The molecule has 0 bridgehead atoms. The Balaban J connectivity index is 2.26. The summed E-state index contributed by atoms with van der Waals surface area (Å²) >= 11 is 5.82. The van der Waals surface area contributed by atoms with Gasteiger partial charge in [0.1, 0.15) is 6.04 Å². The van der Waals surface area contributed by atoms with Gasteiger partial charge in [-0.2, -0.15) is 4.72 Å². The molecule has 0 spiro atoms. The highest BCUT2D eigenvalue weighted by Crippen LogP contribution is 2.23. The first kappa shape index (κ1) is 17.2. The molecule has 8 heteroatoms. The minimum atomic E-state index is -3.93. The lowest BCUT2D eigenvalue weighted by atomic mass is 9.92. The molecule has 1 saturated heterocycles. The second kappa shape index (κ2) is 6.95. The van der Waals surface area contributed by atoms with Gasteiger partial charge >= 0.3 is 5.97 Å². The number of hydrogen-bond donors (Lipinski definition) is 2. The van der Waals surface area contributed by atoms with Gasteiger partial charge in [0.2, 0.25) is 10.0 Å². The van der Waals surface area contributed by atoms with Gasteiger partial charge in [-0.25, -0.2) is 8.42 Å². The van der Waals surface area contributed by atoms with Crippen molar-refractivity contribution in [3.63, 3.8) is 0 Å². The summed E-state index contributed by atoms with van der Waals surface area (Å²) in [6.45, 7) is 2.50. The smallest absolute Gasteiger partial charge is 0.322 e. The van der Waals surface area contributed by atoms with Gasteiger partial charge in [-0.1, -0.05) is 11.6 Å². The van der Waals surface area contributed by atoms with Crippen LogP contribution in [0.2, 0.25) is 5.02 Å². The van der Waals surface area contributed by atoms with Crippen LogP contribution in [0.1, 0.15) is 18.4 Å². The van der Waals surface area contributed by atoms with Gasteiger partial charge in [0.15, 0.2) is 0 Å². The quantitative estimate of drug-likeness (QED) is 0.847. The zero-order valence-corrected chi connectivity index (χ0v) is 13.7. The fraction of sp³-hybridized carbons (Fsp3) is 0.500.